The number of thiazole rings is 1. The highest BCUT2D eigenvalue weighted by atomic mass is 32.1. The van der Waals surface area contributed by atoms with Crippen molar-refractivity contribution in [3.05, 3.63) is 35.0 Å². The second kappa shape index (κ2) is 5.31. The van der Waals surface area contributed by atoms with Gasteiger partial charge in [0.2, 0.25) is 5.95 Å². The van der Waals surface area contributed by atoms with Crippen molar-refractivity contribution in [3.63, 3.8) is 0 Å². The van der Waals surface area contributed by atoms with Gasteiger partial charge in [-0.2, -0.15) is 0 Å². The zero-order valence-electron chi connectivity index (χ0n) is 10.3. The summed E-state index contributed by atoms with van der Waals surface area (Å²) in [5, 5.41) is 2.38. The lowest BCUT2D eigenvalue weighted by atomic mass is 10.3. The highest BCUT2D eigenvalue weighted by Gasteiger charge is 2.24. The molecule has 3 rings (SSSR count). The van der Waals surface area contributed by atoms with E-state index >= 15 is 0 Å². The molecule has 0 radical (unpaired) electrons. The van der Waals surface area contributed by atoms with Crippen LogP contribution < -0.4 is 4.90 Å². The quantitative estimate of drug-likeness (QED) is 0.814. The predicted molar refractivity (Wildman–Crippen MR) is 72.3 cm³/mol. The first-order valence-electron chi connectivity index (χ1n) is 6.05. The van der Waals surface area contributed by atoms with Crippen LogP contribution in [0.4, 0.5) is 5.95 Å². The van der Waals surface area contributed by atoms with Crippen LogP contribution >= 0.6 is 11.3 Å². The van der Waals surface area contributed by atoms with Gasteiger partial charge in [0, 0.05) is 50.1 Å². The lowest BCUT2D eigenvalue weighted by Crippen LogP contribution is -2.49. The summed E-state index contributed by atoms with van der Waals surface area (Å²) in [4.78, 5) is 28.6. The molecule has 3 heterocycles. The fourth-order valence-corrected chi connectivity index (χ4v) is 2.63. The number of carbonyl (C=O) groups is 1. The molecule has 0 spiro atoms. The summed E-state index contributed by atoms with van der Waals surface area (Å²) in [6, 6.07) is 1.80. The van der Waals surface area contributed by atoms with E-state index in [4.69, 9.17) is 0 Å². The third kappa shape index (κ3) is 2.55. The van der Waals surface area contributed by atoms with Crippen molar-refractivity contribution < 1.29 is 4.79 Å². The maximum Gasteiger partial charge on any atom is 0.282 e. The number of amides is 1. The Hall–Kier alpha value is -2.02. The van der Waals surface area contributed by atoms with Crippen molar-refractivity contribution >= 4 is 23.2 Å². The first kappa shape index (κ1) is 12.0. The topological polar surface area (TPSA) is 62.2 Å². The normalized spacial score (nSPS) is 15.6. The largest absolute Gasteiger partial charge is 0.337 e. The van der Waals surface area contributed by atoms with Gasteiger partial charge in [-0.3, -0.25) is 4.79 Å². The van der Waals surface area contributed by atoms with Gasteiger partial charge >= 0.3 is 0 Å². The van der Waals surface area contributed by atoms with Gasteiger partial charge in [0.15, 0.2) is 5.01 Å². The Morgan fingerprint density at radius 2 is 1.79 bits per heavy atom. The van der Waals surface area contributed by atoms with Crippen LogP contribution in [0, 0.1) is 0 Å². The smallest absolute Gasteiger partial charge is 0.282 e. The van der Waals surface area contributed by atoms with Crippen molar-refractivity contribution in [2.75, 3.05) is 31.1 Å². The fraction of sp³-hybridized carbons (Fsp3) is 0.333. The maximum absolute atomic E-state index is 12.1. The van der Waals surface area contributed by atoms with Gasteiger partial charge in [0.25, 0.3) is 5.91 Å². The molecule has 0 saturated carbocycles. The van der Waals surface area contributed by atoms with E-state index < -0.39 is 0 Å². The fourth-order valence-electron chi connectivity index (χ4n) is 2.03. The Morgan fingerprint density at radius 3 is 2.42 bits per heavy atom. The van der Waals surface area contributed by atoms with E-state index in [2.05, 4.69) is 19.9 Å². The molecule has 98 valence electrons. The van der Waals surface area contributed by atoms with Gasteiger partial charge < -0.3 is 9.80 Å². The van der Waals surface area contributed by atoms with Gasteiger partial charge in [-0.25, -0.2) is 15.0 Å². The van der Waals surface area contributed by atoms with Gasteiger partial charge in [-0.1, -0.05) is 0 Å². The summed E-state index contributed by atoms with van der Waals surface area (Å²) in [6.07, 6.45) is 5.12. The maximum atomic E-state index is 12.1. The second-order valence-corrected chi connectivity index (χ2v) is 5.06. The molecular weight excluding hydrogens is 262 g/mol. The molecule has 1 amide bonds. The molecule has 0 N–H and O–H groups in total. The lowest BCUT2D eigenvalue weighted by molar-refractivity contribution is 0.0746. The van der Waals surface area contributed by atoms with E-state index in [1.807, 2.05) is 10.3 Å². The molecule has 0 bridgehead atoms. The molecule has 0 aliphatic carbocycles. The van der Waals surface area contributed by atoms with Crippen LogP contribution in [0.5, 0.6) is 0 Å². The van der Waals surface area contributed by atoms with Crippen LogP contribution in [-0.2, 0) is 0 Å². The summed E-state index contributed by atoms with van der Waals surface area (Å²) in [5.41, 5.74) is 0. The molecule has 1 aliphatic heterocycles. The minimum absolute atomic E-state index is 0.0173. The van der Waals surface area contributed by atoms with Crippen molar-refractivity contribution in [2.45, 2.75) is 0 Å². The first-order chi connectivity index (χ1) is 9.34. The number of rotatable bonds is 2. The zero-order chi connectivity index (χ0) is 13.1. The molecule has 6 nitrogen and oxygen atoms in total. The second-order valence-electron chi connectivity index (χ2n) is 4.17. The molecule has 7 heteroatoms. The van der Waals surface area contributed by atoms with Gasteiger partial charge in [-0.05, 0) is 6.07 Å². The SMILES string of the molecule is O=C(c1nccs1)N1CCN(c2ncccn2)CC1. The van der Waals surface area contributed by atoms with E-state index in [1.165, 1.54) is 11.3 Å². The number of carbonyl (C=O) groups excluding carboxylic acids is 1. The first-order valence-corrected chi connectivity index (χ1v) is 6.93. The minimum Gasteiger partial charge on any atom is -0.337 e. The Bertz CT molecular complexity index is 537. The number of hydrogen-bond acceptors (Lipinski definition) is 6. The van der Waals surface area contributed by atoms with Crippen molar-refractivity contribution in [3.8, 4) is 0 Å². The lowest BCUT2D eigenvalue weighted by Gasteiger charge is -2.34. The highest BCUT2D eigenvalue weighted by Crippen LogP contribution is 2.13. The summed E-state index contributed by atoms with van der Waals surface area (Å²) in [7, 11) is 0. The van der Waals surface area contributed by atoms with E-state index in [1.54, 1.807) is 24.7 Å². The molecule has 1 aliphatic rings. The number of hydrogen-bond donors (Lipinski definition) is 0. The van der Waals surface area contributed by atoms with Crippen LogP contribution in [0.3, 0.4) is 0 Å². The monoisotopic (exact) mass is 275 g/mol. The van der Waals surface area contributed by atoms with Gasteiger partial charge in [0.05, 0.1) is 0 Å². The summed E-state index contributed by atoms with van der Waals surface area (Å²) < 4.78 is 0. The van der Waals surface area contributed by atoms with E-state index in [0.717, 1.165) is 19.0 Å². The average molecular weight is 275 g/mol. The van der Waals surface area contributed by atoms with Crippen molar-refractivity contribution in [1.82, 2.24) is 19.9 Å². The average Bonchev–Trinajstić information content (AvgIpc) is 3.02. The van der Waals surface area contributed by atoms with Crippen molar-refractivity contribution in [2.24, 2.45) is 0 Å². The van der Waals surface area contributed by atoms with Crippen LogP contribution in [0.15, 0.2) is 30.0 Å². The molecule has 19 heavy (non-hydrogen) atoms. The molecule has 2 aromatic heterocycles. The Balaban J connectivity index is 1.62. The molecule has 0 unspecified atom stereocenters. The zero-order valence-corrected chi connectivity index (χ0v) is 11.1. The molecule has 1 saturated heterocycles. The number of nitrogens with zero attached hydrogens (tertiary/aromatic N) is 5. The summed E-state index contributed by atoms with van der Waals surface area (Å²) in [5.74, 6) is 0.743. The van der Waals surface area contributed by atoms with E-state index in [0.29, 0.717) is 18.1 Å². The Morgan fingerprint density at radius 1 is 1.05 bits per heavy atom. The van der Waals surface area contributed by atoms with E-state index in [-0.39, 0.29) is 5.91 Å². The van der Waals surface area contributed by atoms with Crippen LogP contribution in [0.1, 0.15) is 9.80 Å². The Labute approximate surface area is 114 Å². The predicted octanol–water partition coefficient (Wildman–Crippen LogP) is 0.895. The van der Waals surface area contributed by atoms with Crippen LogP contribution in [0.2, 0.25) is 0 Å². The Kier molecular flexibility index (Phi) is 3.37. The molecule has 2 aromatic rings. The minimum atomic E-state index is 0.0173. The van der Waals surface area contributed by atoms with Crippen LogP contribution in [-0.4, -0.2) is 51.9 Å². The van der Waals surface area contributed by atoms with Gasteiger partial charge in [0.1, 0.15) is 0 Å². The van der Waals surface area contributed by atoms with Crippen LogP contribution in [0.25, 0.3) is 0 Å². The summed E-state index contributed by atoms with van der Waals surface area (Å²) in [6.45, 7) is 2.86. The molecular formula is C12H13N5OS. The molecule has 0 atom stereocenters. The summed E-state index contributed by atoms with van der Waals surface area (Å²) >= 11 is 1.38. The highest BCUT2D eigenvalue weighted by molar-refractivity contribution is 7.11. The molecule has 1 fully saturated rings. The molecule has 0 aromatic carbocycles. The third-order valence-corrected chi connectivity index (χ3v) is 3.78. The van der Waals surface area contributed by atoms with Gasteiger partial charge in [-0.15, -0.1) is 11.3 Å². The number of aromatic nitrogens is 3. The third-order valence-electron chi connectivity index (χ3n) is 3.02. The van der Waals surface area contributed by atoms with Crippen molar-refractivity contribution in [1.29, 1.82) is 0 Å². The number of piperazine rings is 1. The standard InChI is InChI=1S/C12H13N5OS/c18-11(10-13-4-9-19-10)16-5-7-17(8-6-16)12-14-2-1-3-15-12/h1-4,9H,5-8H2. The number of anilines is 1. The van der Waals surface area contributed by atoms with E-state index in [9.17, 15) is 4.79 Å².